The highest BCUT2D eigenvalue weighted by atomic mass is 35.5. The molecule has 2 aromatic rings. The number of morpholine rings is 1. The first kappa shape index (κ1) is 19.7. The van der Waals surface area contributed by atoms with Crippen molar-refractivity contribution < 1.29 is 14.3 Å². The predicted octanol–water partition coefficient (Wildman–Crippen LogP) is 1.98. The number of amides is 2. The summed E-state index contributed by atoms with van der Waals surface area (Å²) in [6.45, 7) is 2.16. The third-order valence-electron chi connectivity index (χ3n) is 4.75. The maximum absolute atomic E-state index is 12.9. The Balaban J connectivity index is 1.65. The molecule has 0 bridgehead atoms. The summed E-state index contributed by atoms with van der Waals surface area (Å²) in [7, 11) is 0. The van der Waals surface area contributed by atoms with Crippen molar-refractivity contribution in [3.8, 4) is 0 Å². The Labute approximate surface area is 175 Å². The second kappa shape index (κ2) is 8.02. The number of ether oxygens (including phenoxy) is 1. The minimum Gasteiger partial charge on any atom is -0.378 e. The van der Waals surface area contributed by atoms with Crippen molar-refractivity contribution in [2.45, 2.75) is 12.3 Å². The van der Waals surface area contributed by atoms with Gasteiger partial charge in [0.25, 0.3) is 5.56 Å². The molecule has 1 aromatic carbocycles. The number of carbonyl (C=O) groups is 2. The van der Waals surface area contributed by atoms with Crippen molar-refractivity contribution >= 4 is 52.5 Å². The molecule has 152 valence electrons. The Hall–Kier alpha value is -2.62. The number of benzene rings is 1. The number of nitrogens with one attached hydrogen (secondary N) is 3. The first-order chi connectivity index (χ1) is 13.9. The molecule has 2 aliphatic heterocycles. The minimum absolute atomic E-state index is 0.0915. The normalized spacial score (nSPS) is 18.8. The maximum Gasteiger partial charge on any atom is 0.258 e. The summed E-state index contributed by atoms with van der Waals surface area (Å²) in [5, 5.41) is 5.93. The second-order valence-electron chi connectivity index (χ2n) is 6.67. The molecule has 0 radical (unpaired) electrons. The lowest BCUT2D eigenvalue weighted by Gasteiger charge is -2.29. The summed E-state index contributed by atoms with van der Waals surface area (Å²) in [5.41, 5.74) is -0.0223. The van der Waals surface area contributed by atoms with Gasteiger partial charge < -0.3 is 20.3 Å². The van der Waals surface area contributed by atoms with Crippen LogP contribution in [0.15, 0.2) is 23.0 Å². The van der Waals surface area contributed by atoms with Gasteiger partial charge in [0.15, 0.2) is 0 Å². The van der Waals surface area contributed by atoms with E-state index >= 15 is 0 Å². The number of fused-ring (bicyclic) bond motifs is 1. The summed E-state index contributed by atoms with van der Waals surface area (Å²) in [6.07, 6.45) is -0.175. The first-order valence-electron chi connectivity index (χ1n) is 8.95. The second-order valence-corrected chi connectivity index (χ2v) is 7.51. The molecule has 4 rings (SSSR count). The number of hydrogen-bond acceptors (Lipinski definition) is 6. The average Bonchev–Trinajstić information content (AvgIpc) is 2.69. The van der Waals surface area contributed by atoms with Gasteiger partial charge in [0, 0.05) is 24.5 Å². The Bertz CT molecular complexity index is 1040. The van der Waals surface area contributed by atoms with Gasteiger partial charge in [-0.2, -0.15) is 4.98 Å². The fourth-order valence-electron chi connectivity index (χ4n) is 3.32. The molecule has 11 heteroatoms. The molecule has 1 aromatic heterocycles. The van der Waals surface area contributed by atoms with Gasteiger partial charge in [0.05, 0.1) is 35.4 Å². The van der Waals surface area contributed by atoms with Gasteiger partial charge in [-0.15, -0.1) is 0 Å². The summed E-state index contributed by atoms with van der Waals surface area (Å²) in [6, 6.07) is 4.62. The monoisotopic (exact) mass is 437 g/mol. The van der Waals surface area contributed by atoms with Crippen LogP contribution in [-0.4, -0.2) is 48.1 Å². The molecule has 3 N–H and O–H groups in total. The van der Waals surface area contributed by atoms with E-state index < -0.39 is 23.3 Å². The van der Waals surface area contributed by atoms with E-state index in [0.717, 1.165) is 0 Å². The summed E-state index contributed by atoms with van der Waals surface area (Å²) >= 11 is 12.0. The predicted molar refractivity (Wildman–Crippen MR) is 109 cm³/mol. The van der Waals surface area contributed by atoms with E-state index in [2.05, 4.69) is 20.6 Å². The molecule has 0 unspecified atom stereocenters. The van der Waals surface area contributed by atoms with E-state index in [1.54, 1.807) is 12.1 Å². The van der Waals surface area contributed by atoms with E-state index in [0.29, 0.717) is 43.0 Å². The highest BCUT2D eigenvalue weighted by Crippen LogP contribution is 2.32. The van der Waals surface area contributed by atoms with Crippen molar-refractivity contribution in [3.63, 3.8) is 0 Å². The minimum atomic E-state index is -1.000. The number of nitrogens with zero attached hydrogens (tertiary/aromatic N) is 2. The van der Waals surface area contributed by atoms with Gasteiger partial charge in [0.2, 0.25) is 17.8 Å². The van der Waals surface area contributed by atoms with Crippen molar-refractivity contribution in [2.24, 2.45) is 0 Å². The standard InChI is InChI=1S/C18H17Cl2N5O4/c19-9-1-2-12(11(20)7-9)21-16(27)10-8-13(26)22-15-14(10)17(28)24-18(23-15)25-3-5-29-6-4-25/h1-2,7,10H,3-6,8H2,(H,21,27)(H2,22,23,24,26,28)/t10-/m1/s1. The molecule has 0 saturated carbocycles. The van der Waals surface area contributed by atoms with Gasteiger partial charge in [-0.25, -0.2) is 0 Å². The lowest BCUT2D eigenvalue weighted by Crippen LogP contribution is -2.41. The third kappa shape index (κ3) is 4.07. The Morgan fingerprint density at radius 1 is 1.24 bits per heavy atom. The summed E-state index contributed by atoms with van der Waals surface area (Å²) < 4.78 is 5.30. The van der Waals surface area contributed by atoms with Crippen LogP contribution in [0.4, 0.5) is 17.5 Å². The molecular formula is C18H17Cl2N5O4. The zero-order valence-corrected chi connectivity index (χ0v) is 16.6. The molecule has 1 fully saturated rings. The number of halogens is 2. The van der Waals surface area contributed by atoms with Crippen LogP contribution in [0.25, 0.3) is 0 Å². The molecule has 0 aliphatic carbocycles. The number of anilines is 3. The number of rotatable bonds is 3. The SMILES string of the molecule is O=C1C[C@@H](C(=O)Nc2ccc(Cl)cc2Cl)c2c(nc(N3CCOCC3)[nH]c2=O)N1. The third-order valence-corrected chi connectivity index (χ3v) is 5.30. The van der Waals surface area contributed by atoms with Gasteiger partial charge in [-0.05, 0) is 18.2 Å². The van der Waals surface area contributed by atoms with Gasteiger partial charge >= 0.3 is 0 Å². The Kier molecular flexibility index (Phi) is 5.44. The zero-order chi connectivity index (χ0) is 20.5. The molecule has 9 nitrogen and oxygen atoms in total. The van der Waals surface area contributed by atoms with E-state index in [9.17, 15) is 14.4 Å². The van der Waals surface area contributed by atoms with Crippen LogP contribution in [-0.2, 0) is 14.3 Å². The van der Waals surface area contributed by atoms with Crippen LogP contribution in [0.2, 0.25) is 10.0 Å². The fourth-order valence-corrected chi connectivity index (χ4v) is 3.77. The van der Waals surface area contributed by atoms with Crippen molar-refractivity contribution in [2.75, 3.05) is 41.8 Å². The molecule has 3 heterocycles. The summed E-state index contributed by atoms with van der Waals surface area (Å²) in [5.74, 6) is -1.50. The average molecular weight is 438 g/mol. The first-order valence-corrected chi connectivity index (χ1v) is 9.70. The van der Waals surface area contributed by atoms with E-state index in [-0.39, 0.29) is 22.8 Å². The molecule has 1 atom stereocenters. The number of H-pyrrole nitrogens is 1. The number of hydrogen-bond donors (Lipinski definition) is 3. The lowest BCUT2D eigenvalue weighted by atomic mass is 9.92. The van der Waals surface area contributed by atoms with Gasteiger partial charge in [-0.3, -0.25) is 19.4 Å². The number of aromatic nitrogens is 2. The largest absolute Gasteiger partial charge is 0.378 e. The quantitative estimate of drug-likeness (QED) is 0.675. The van der Waals surface area contributed by atoms with Crippen LogP contribution >= 0.6 is 23.2 Å². The smallest absolute Gasteiger partial charge is 0.258 e. The van der Waals surface area contributed by atoms with Crippen molar-refractivity contribution in [1.29, 1.82) is 0 Å². The zero-order valence-electron chi connectivity index (χ0n) is 15.1. The molecule has 2 amide bonds. The Morgan fingerprint density at radius 2 is 2.00 bits per heavy atom. The molecule has 2 aliphatic rings. The van der Waals surface area contributed by atoms with Crippen LogP contribution in [0, 0.1) is 0 Å². The van der Waals surface area contributed by atoms with Gasteiger partial charge in [-0.1, -0.05) is 23.2 Å². The van der Waals surface area contributed by atoms with Crippen molar-refractivity contribution in [3.05, 3.63) is 44.2 Å². The number of carbonyl (C=O) groups excluding carboxylic acids is 2. The van der Waals surface area contributed by atoms with Gasteiger partial charge in [0.1, 0.15) is 5.82 Å². The molecule has 1 saturated heterocycles. The van der Waals surface area contributed by atoms with E-state index in [1.165, 1.54) is 6.07 Å². The van der Waals surface area contributed by atoms with Crippen LogP contribution in [0.5, 0.6) is 0 Å². The lowest BCUT2D eigenvalue weighted by molar-refractivity contribution is -0.123. The maximum atomic E-state index is 12.9. The van der Waals surface area contributed by atoms with E-state index in [1.807, 2.05) is 4.90 Å². The highest BCUT2D eigenvalue weighted by molar-refractivity contribution is 6.36. The van der Waals surface area contributed by atoms with Crippen molar-refractivity contribution in [1.82, 2.24) is 9.97 Å². The van der Waals surface area contributed by atoms with Crippen LogP contribution in [0.1, 0.15) is 17.9 Å². The fraction of sp³-hybridized carbons (Fsp3) is 0.333. The topological polar surface area (TPSA) is 116 Å². The summed E-state index contributed by atoms with van der Waals surface area (Å²) in [4.78, 5) is 46.8. The molecule has 0 spiro atoms. The number of aromatic amines is 1. The Morgan fingerprint density at radius 3 is 2.72 bits per heavy atom. The van der Waals surface area contributed by atoms with Crippen LogP contribution < -0.4 is 21.1 Å². The molecular weight excluding hydrogens is 421 g/mol. The van der Waals surface area contributed by atoms with E-state index in [4.69, 9.17) is 27.9 Å². The highest BCUT2D eigenvalue weighted by Gasteiger charge is 2.35. The molecule has 29 heavy (non-hydrogen) atoms. The van der Waals surface area contributed by atoms with Crippen LogP contribution in [0.3, 0.4) is 0 Å².